The Morgan fingerprint density at radius 3 is 2.78 bits per heavy atom. The van der Waals surface area contributed by atoms with Crippen molar-refractivity contribution in [1.29, 1.82) is 5.26 Å². The molecule has 136 valence electrons. The van der Waals surface area contributed by atoms with E-state index < -0.39 is 11.9 Å². The zero-order chi connectivity index (χ0) is 19.4. The van der Waals surface area contributed by atoms with E-state index in [-0.39, 0.29) is 18.7 Å². The van der Waals surface area contributed by atoms with Gasteiger partial charge in [0.25, 0.3) is 5.91 Å². The number of thiophene rings is 1. The van der Waals surface area contributed by atoms with Crippen molar-refractivity contribution in [1.82, 2.24) is 5.32 Å². The number of esters is 1. The van der Waals surface area contributed by atoms with Crippen LogP contribution in [0.4, 0.5) is 0 Å². The van der Waals surface area contributed by atoms with E-state index in [1.54, 1.807) is 30.0 Å². The average molecular weight is 396 g/mol. The molecule has 0 bridgehead atoms. The summed E-state index contributed by atoms with van der Waals surface area (Å²) in [6, 6.07) is 11.7. The molecule has 1 N–H and O–H groups in total. The molecule has 27 heavy (non-hydrogen) atoms. The first-order valence-corrected chi connectivity index (χ1v) is 9.83. The molecule has 1 aromatic carbocycles. The number of nitrogens with one attached hydrogen (secondary N) is 1. The van der Waals surface area contributed by atoms with Crippen molar-refractivity contribution < 1.29 is 14.3 Å². The third kappa shape index (κ3) is 3.97. The van der Waals surface area contributed by atoms with Crippen LogP contribution in [0.1, 0.15) is 18.1 Å². The molecule has 0 aliphatic carbocycles. The maximum Gasteiger partial charge on any atom is 0.333 e. The number of hydrogen-bond donors (Lipinski definition) is 1. The van der Waals surface area contributed by atoms with Crippen LogP contribution in [0.25, 0.3) is 5.57 Å². The number of carbonyl (C=O) groups excluding carboxylic acids is 2. The second-order valence-corrected chi connectivity index (χ2v) is 7.98. The van der Waals surface area contributed by atoms with Crippen LogP contribution in [-0.4, -0.2) is 25.0 Å². The fourth-order valence-corrected chi connectivity index (χ4v) is 4.74. The van der Waals surface area contributed by atoms with Crippen LogP contribution in [0.3, 0.4) is 0 Å². The van der Waals surface area contributed by atoms with Gasteiger partial charge in [-0.15, -0.1) is 11.3 Å². The zero-order valence-corrected chi connectivity index (χ0v) is 16.2. The highest BCUT2D eigenvalue weighted by atomic mass is 32.2. The summed E-state index contributed by atoms with van der Waals surface area (Å²) in [5, 5.41) is 14.3. The monoisotopic (exact) mass is 396 g/mol. The summed E-state index contributed by atoms with van der Waals surface area (Å²) in [6.45, 7) is 5.18. The van der Waals surface area contributed by atoms with E-state index in [0.29, 0.717) is 11.1 Å². The topological polar surface area (TPSA) is 79.2 Å². The largest absolute Gasteiger partial charge is 0.460 e. The van der Waals surface area contributed by atoms with E-state index in [2.05, 4.69) is 18.0 Å². The van der Waals surface area contributed by atoms with Crippen molar-refractivity contribution in [2.24, 2.45) is 0 Å². The number of benzene rings is 1. The smallest absolute Gasteiger partial charge is 0.333 e. The van der Waals surface area contributed by atoms with Crippen LogP contribution >= 0.6 is 23.1 Å². The summed E-state index contributed by atoms with van der Waals surface area (Å²) in [5.74, 6) is -0.998. The van der Waals surface area contributed by atoms with Gasteiger partial charge in [-0.1, -0.05) is 36.5 Å². The maximum atomic E-state index is 12.6. The zero-order valence-electron chi connectivity index (χ0n) is 14.6. The highest BCUT2D eigenvalue weighted by Crippen LogP contribution is 2.48. The summed E-state index contributed by atoms with van der Waals surface area (Å²) in [5.41, 5.74) is 2.74. The molecule has 5 nitrogen and oxygen atoms in total. The lowest BCUT2D eigenvalue weighted by molar-refractivity contribution is -0.139. The van der Waals surface area contributed by atoms with Gasteiger partial charge in [-0.25, -0.2) is 4.79 Å². The Morgan fingerprint density at radius 1 is 1.26 bits per heavy atom. The van der Waals surface area contributed by atoms with E-state index >= 15 is 0 Å². The average Bonchev–Trinajstić information content (AvgIpc) is 3.13. The van der Waals surface area contributed by atoms with Gasteiger partial charge in [-0.05, 0) is 30.0 Å². The Labute approximate surface area is 165 Å². The van der Waals surface area contributed by atoms with Crippen molar-refractivity contribution >= 4 is 40.5 Å². The molecule has 2 heterocycles. The molecular weight excluding hydrogens is 380 g/mol. The molecule has 3 rings (SSSR count). The van der Waals surface area contributed by atoms with E-state index in [9.17, 15) is 14.9 Å². The fraction of sp³-hybridized carbons (Fsp3) is 0.150. The predicted molar refractivity (Wildman–Crippen MR) is 105 cm³/mol. The number of nitriles is 1. The number of rotatable bonds is 5. The van der Waals surface area contributed by atoms with Crippen molar-refractivity contribution in [3.63, 3.8) is 0 Å². The maximum absolute atomic E-state index is 12.6. The summed E-state index contributed by atoms with van der Waals surface area (Å²) in [7, 11) is 0. The summed E-state index contributed by atoms with van der Waals surface area (Å²) in [6.07, 6.45) is 0. The van der Waals surface area contributed by atoms with Gasteiger partial charge in [0.2, 0.25) is 0 Å². The predicted octanol–water partition coefficient (Wildman–Crippen LogP) is 3.77. The second kappa shape index (κ2) is 8.25. The first-order chi connectivity index (χ1) is 13.0. The number of hydrogen-bond acceptors (Lipinski definition) is 6. The van der Waals surface area contributed by atoms with Crippen LogP contribution in [0, 0.1) is 11.3 Å². The Hall–Kier alpha value is -2.82. The molecule has 1 aliphatic heterocycles. The van der Waals surface area contributed by atoms with Gasteiger partial charge in [-0.2, -0.15) is 5.26 Å². The normalized spacial score (nSPS) is 13.6. The lowest BCUT2D eigenvalue weighted by Gasteiger charge is -2.20. The minimum atomic E-state index is -0.510. The quantitative estimate of drug-likeness (QED) is 0.307. The van der Waals surface area contributed by atoms with Crippen LogP contribution in [-0.2, 0) is 14.3 Å². The molecule has 0 fully saturated rings. The van der Waals surface area contributed by atoms with Crippen molar-refractivity contribution in [2.75, 3.05) is 13.2 Å². The van der Waals surface area contributed by atoms with Crippen LogP contribution in [0.2, 0.25) is 0 Å². The highest BCUT2D eigenvalue weighted by Gasteiger charge is 2.27. The first kappa shape index (κ1) is 19.0. The number of nitrogens with zero attached hydrogens (tertiary/aromatic N) is 1. The highest BCUT2D eigenvalue weighted by molar-refractivity contribution is 8.01. The number of ether oxygens (including phenoxy) is 1. The van der Waals surface area contributed by atoms with Gasteiger partial charge >= 0.3 is 5.97 Å². The molecular formula is C20H16N2O3S2. The standard InChI is InChI=1S/C20H16N2O3S2/c1-12(2)19(24)25-9-8-22-18(23)15(11-21)17-13-5-3-4-6-16(13)27-20-14(17)7-10-26-20/h3-7,10H,1,8-9H2,2H3,(H,22,23). The van der Waals surface area contributed by atoms with E-state index in [4.69, 9.17) is 4.74 Å². The van der Waals surface area contributed by atoms with Gasteiger partial charge < -0.3 is 10.1 Å². The molecule has 2 aromatic rings. The first-order valence-electron chi connectivity index (χ1n) is 8.13. The fourth-order valence-electron chi connectivity index (χ4n) is 2.58. The molecule has 0 unspecified atom stereocenters. The van der Waals surface area contributed by atoms with Crippen LogP contribution in [0.15, 0.2) is 62.5 Å². The molecule has 1 aliphatic rings. The van der Waals surface area contributed by atoms with Gasteiger partial charge in [0, 0.05) is 21.6 Å². The number of fused-ring (bicyclic) bond motifs is 2. The van der Waals surface area contributed by atoms with Gasteiger partial charge in [0.1, 0.15) is 18.2 Å². The lowest BCUT2D eigenvalue weighted by Crippen LogP contribution is -2.29. The molecule has 0 atom stereocenters. The molecule has 7 heteroatoms. The van der Waals surface area contributed by atoms with Crippen molar-refractivity contribution in [2.45, 2.75) is 16.0 Å². The van der Waals surface area contributed by atoms with Crippen molar-refractivity contribution in [3.8, 4) is 6.07 Å². The Bertz CT molecular complexity index is 999. The van der Waals surface area contributed by atoms with Crippen molar-refractivity contribution in [3.05, 3.63) is 64.6 Å². The summed E-state index contributed by atoms with van der Waals surface area (Å²) < 4.78 is 6.01. The third-order valence-electron chi connectivity index (χ3n) is 3.82. The molecule has 0 radical (unpaired) electrons. The minimum absolute atomic E-state index is 0.0155. The Kier molecular flexibility index (Phi) is 5.79. The number of carbonyl (C=O) groups is 2. The summed E-state index contributed by atoms with van der Waals surface area (Å²) in [4.78, 5) is 25.0. The van der Waals surface area contributed by atoms with Crippen LogP contribution in [0.5, 0.6) is 0 Å². The SMILES string of the molecule is C=C(C)C(=O)OCCNC(=O)C(C#N)=C1c2ccccc2Sc2sccc21. The van der Waals surface area contributed by atoms with E-state index in [1.807, 2.05) is 35.7 Å². The third-order valence-corrected chi connectivity index (χ3v) is 6.04. The molecule has 0 saturated heterocycles. The van der Waals surface area contributed by atoms with E-state index in [0.717, 1.165) is 20.2 Å². The number of amides is 1. The van der Waals surface area contributed by atoms with E-state index in [1.165, 1.54) is 0 Å². The van der Waals surface area contributed by atoms with Gasteiger partial charge in [0.15, 0.2) is 0 Å². The van der Waals surface area contributed by atoms with Gasteiger partial charge in [0.05, 0.1) is 10.8 Å². The Balaban J connectivity index is 1.86. The van der Waals surface area contributed by atoms with Crippen LogP contribution < -0.4 is 5.32 Å². The molecule has 1 aromatic heterocycles. The minimum Gasteiger partial charge on any atom is -0.460 e. The lowest BCUT2D eigenvalue weighted by atomic mass is 9.94. The molecule has 0 spiro atoms. The summed E-state index contributed by atoms with van der Waals surface area (Å²) >= 11 is 3.22. The Morgan fingerprint density at radius 2 is 2.04 bits per heavy atom. The molecule has 0 saturated carbocycles. The van der Waals surface area contributed by atoms with Gasteiger partial charge in [-0.3, -0.25) is 4.79 Å². The molecule has 1 amide bonds. The second-order valence-electron chi connectivity index (χ2n) is 5.75.